The summed E-state index contributed by atoms with van der Waals surface area (Å²) < 4.78 is 2.46. The first-order valence-electron chi connectivity index (χ1n) is 25.8. The summed E-state index contributed by atoms with van der Waals surface area (Å²) in [6.45, 7) is 0. The molecule has 0 radical (unpaired) electrons. The van der Waals surface area contributed by atoms with Crippen molar-refractivity contribution in [1.29, 1.82) is 0 Å². The van der Waals surface area contributed by atoms with E-state index in [9.17, 15) is 0 Å². The molecule has 0 aliphatic rings. The van der Waals surface area contributed by atoms with Crippen LogP contribution in [-0.4, -0.2) is 29.9 Å². The van der Waals surface area contributed by atoms with Crippen LogP contribution in [0.25, 0.3) is 154 Å². The van der Waals surface area contributed by atoms with Crippen LogP contribution in [0.4, 0.5) is 0 Å². The van der Waals surface area contributed by atoms with Crippen LogP contribution in [0, 0.1) is 0 Å². The average molecular weight is 999 g/mol. The zero-order valence-electron chi connectivity index (χ0n) is 41.3. The van der Waals surface area contributed by atoms with Gasteiger partial charge in [0.15, 0.2) is 34.9 Å². The molecule has 0 N–H and O–H groups in total. The Morgan fingerprint density at radius 1 is 0.208 bits per heavy atom. The summed E-state index contributed by atoms with van der Waals surface area (Å²) in [5.41, 5.74) is 10.4. The van der Waals surface area contributed by atoms with Gasteiger partial charge in [0.2, 0.25) is 0 Å². The lowest BCUT2D eigenvalue weighted by Gasteiger charge is -2.18. The topological polar surface area (TPSA) is 77.3 Å². The van der Waals surface area contributed by atoms with Crippen LogP contribution in [0.3, 0.4) is 0 Å². The number of rotatable bonds is 8. The molecule has 0 saturated carbocycles. The van der Waals surface area contributed by atoms with Gasteiger partial charge in [-0.3, -0.25) is 0 Å². The largest absolute Gasteiger partial charge is 0.208 e. The molecule has 77 heavy (non-hydrogen) atoms. The van der Waals surface area contributed by atoms with Crippen molar-refractivity contribution < 1.29 is 0 Å². The van der Waals surface area contributed by atoms with E-state index in [1.165, 1.54) is 36.9 Å². The standard InChI is InChI=1S/C70H42N6S/c1-5-22-43(23-6-1)65-71-66(44-24-7-2-8-25-44)74-69(73-65)63-52-34-17-13-30-48(52)60(49-31-14-18-35-53(49)63)47-40-41-58-57(42-47)62-56(38-21-39-59(62)77-58)61-50-32-15-19-36-54(50)64(55-37-20-16-33-51(55)61)70-75-67(45-26-9-3-10-27-45)72-68(76-70)46-28-11-4-12-29-46/h1-42H. The minimum absolute atomic E-state index is 0.632. The Balaban J connectivity index is 0.953. The minimum Gasteiger partial charge on any atom is -0.208 e. The number of thiophene rings is 1. The molecule has 0 atom stereocenters. The lowest BCUT2D eigenvalue weighted by atomic mass is 9.86. The molecular weight excluding hydrogens is 957 g/mol. The smallest absolute Gasteiger partial charge is 0.165 e. The fourth-order valence-corrected chi connectivity index (χ4v) is 12.5. The molecule has 0 unspecified atom stereocenters. The van der Waals surface area contributed by atoms with Gasteiger partial charge >= 0.3 is 0 Å². The van der Waals surface area contributed by atoms with E-state index in [-0.39, 0.29) is 0 Å². The van der Waals surface area contributed by atoms with Gasteiger partial charge in [-0.05, 0) is 83.5 Å². The lowest BCUT2D eigenvalue weighted by molar-refractivity contribution is 1.08. The molecule has 0 aliphatic carbocycles. The van der Waals surface area contributed by atoms with Gasteiger partial charge in [-0.1, -0.05) is 237 Å². The quantitative estimate of drug-likeness (QED) is 0.141. The number of fused-ring (bicyclic) bond motifs is 7. The first kappa shape index (κ1) is 44.4. The van der Waals surface area contributed by atoms with Crippen molar-refractivity contribution in [2.75, 3.05) is 0 Å². The van der Waals surface area contributed by atoms with Gasteiger partial charge in [-0.2, -0.15) is 0 Å². The Labute approximate surface area is 447 Å². The third kappa shape index (κ3) is 7.55. The van der Waals surface area contributed by atoms with E-state index in [1.807, 2.05) is 84.1 Å². The second-order valence-corrected chi connectivity index (χ2v) is 20.3. The zero-order valence-corrected chi connectivity index (χ0v) is 42.2. The monoisotopic (exact) mass is 998 g/mol. The Kier molecular flexibility index (Phi) is 10.6. The summed E-state index contributed by atoms with van der Waals surface area (Å²) in [5, 5.41) is 11.2. The van der Waals surface area contributed by atoms with Crippen LogP contribution in [0.5, 0.6) is 0 Å². The maximum atomic E-state index is 5.29. The van der Waals surface area contributed by atoms with Crippen molar-refractivity contribution >= 4 is 74.6 Å². The summed E-state index contributed by atoms with van der Waals surface area (Å²) >= 11 is 1.84. The van der Waals surface area contributed by atoms with Gasteiger partial charge in [0.25, 0.3) is 0 Å². The van der Waals surface area contributed by atoms with Crippen LogP contribution < -0.4 is 0 Å². The Bertz CT molecular complexity index is 4560. The van der Waals surface area contributed by atoms with E-state index >= 15 is 0 Å². The molecule has 15 aromatic rings. The highest BCUT2D eigenvalue weighted by atomic mass is 32.1. The van der Waals surface area contributed by atoms with Crippen molar-refractivity contribution in [3.05, 3.63) is 255 Å². The molecule has 0 saturated heterocycles. The highest BCUT2D eigenvalue weighted by molar-refractivity contribution is 7.26. The molecule has 3 aromatic heterocycles. The minimum atomic E-state index is 0.632. The Morgan fingerprint density at radius 3 is 0.909 bits per heavy atom. The van der Waals surface area contributed by atoms with E-state index in [4.69, 9.17) is 29.9 Å². The van der Waals surface area contributed by atoms with Crippen molar-refractivity contribution in [2.45, 2.75) is 0 Å². The molecule has 358 valence electrons. The molecule has 0 fully saturated rings. The van der Waals surface area contributed by atoms with Gasteiger partial charge < -0.3 is 0 Å². The first-order valence-corrected chi connectivity index (χ1v) is 26.6. The molecule has 3 heterocycles. The highest BCUT2D eigenvalue weighted by Crippen LogP contribution is 2.50. The molecule has 6 nitrogen and oxygen atoms in total. The molecule has 15 rings (SSSR count). The zero-order chi connectivity index (χ0) is 50.8. The van der Waals surface area contributed by atoms with Crippen LogP contribution >= 0.6 is 11.3 Å². The predicted molar refractivity (Wildman–Crippen MR) is 320 cm³/mol. The summed E-state index contributed by atoms with van der Waals surface area (Å²) in [4.78, 5) is 31.2. The van der Waals surface area contributed by atoms with Crippen molar-refractivity contribution in [3.8, 4) is 90.6 Å². The normalized spacial score (nSPS) is 11.6. The second-order valence-electron chi connectivity index (χ2n) is 19.3. The highest BCUT2D eigenvalue weighted by Gasteiger charge is 2.25. The summed E-state index contributed by atoms with van der Waals surface area (Å²) in [6, 6.07) is 89.6. The average Bonchev–Trinajstić information content (AvgIpc) is 3.91. The third-order valence-electron chi connectivity index (χ3n) is 14.8. The summed E-state index contributed by atoms with van der Waals surface area (Å²) in [5.74, 6) is 3.80. The number of hydrogen-bond acceptors (Lipinski definition) is 7. The predicted octanol–water partition coefficient (Wildman–Crippen LogP) is 18.4. The van der Waals surface area contributed by atoms with Crippen molar-refractivity contribution in [1.82, 2.24) is 29.9 Å². The maximum absolute atomic E-state index is 5.29. The second kappa shape index (κ2) is 18.4. The van der Waals surface area contributed by atoms with E-state index in [1.54, 1.807) is 0 Å². The third-order valence-corrected chi connectivity index (χ3v) is 15.9. The van der Waals surface area contributed by atoms with E-state index in [2.05, 4.69) is 182 Å². The van der Waals surface area contributed by atoms with Gasteiger partial charge in [0.05, 0.1) is 0 Å². The van der Waals surface area contributed by atoms with Crippen LogP contribution in [0.15, 0.2) is 255 Å². The first-order chi connectivity index (χ1) is 38.2. The van der Waals surface area contributed by atoms with Gasteiger partial charge in [-0.15, -0.1) is 11.3 Å². The fourth-order valence-electron chi connectivity index (χ4n) is 11.4. The molecule has 7 heteroatoms. The van der Waals surface area contributed by atoms with E-state index < -0.39 is 0 Å². The Hall–Kier alpha value is -10.1. The summed E-state index contributed by atoms with van der Waals surface area (Å²) in [7, 11) is 0. The van der Waals surface area contributed by atoms with Crippen LogP contribution in [-0.2, 0) is 0 Å². The number of nitrogens with zero attached hydrogens (tertiary/aromatic N) is 6. The molecule has 0 aliphatic heterocycles. The summed E-state index contributed by atoms with van der Waals surface area (Å²) in [6.07, 6.45) is 0. The molecule has 0 bridgehead atoms. The molecular formula is C70H42N6S. The SMILES string of the molecule is c1ccc(-c2nc(-c3ccccc3)nc(-c3c4ccccc4c(-c4ccc5sc6cccc(-c7c8ccccc8c(-c8nc(-c9ccccc9)nc(-c9ccccc9)n8)c8ccccc78)c6c5c4)c4ccccc34)n2)cc1. The lowest BCUT2D eigenvalue weighted by Crippen LogP contribution is -2.01. The maximum Gasteiger partial charge on any atom is 0.165 e. The molecule has 0 spiro atoms. The van der Waals surface area contributed by atoms with Crippen LogP contribution in [0.1, 0.15) is 0 Å². The van der Waals surface area contributed by atoms with Gasteiger partial charge in [-0.25, -0.2) is 29.9 Å². The van der Waals surface area contributed by atoms with Crippen molar-refractivity contribution in [2.24, 2.45) is 0 Å². The number of benzene rings is 12. The molecule has 0 amide bonds. The number of hydrogen-bond donors (Lipinski definition) is 0. The van der Waals surface area contributed by atoms with Gasteiger partial charge in [0, 0.05) is 53.6 Å². The van der Waals surface area contributed by atoms with Crippen LogP contribution in [0.2, 0.25) is 0 Å². The molecule has 12 aromatic carbocycles. The Morgan fingerprint density at radius 2 is 0.532 bits per heavy atom. The fraction of sp³-hybridized carbons (Fsp3) is 0. The van der Waals surface area contributed by atoms with Gasteiger partial charge in [0.1, 0.15) is 0 Å². The number of aromatic nitrogens is 6. The van der Waals surface area contributed by atoms with E-state index in [0.29, 0.717) is 34.9 Å². The van der Waals surface area contributed by atoms with Crippen molar-refractivity contribution in [3.63, 3.8) is 0 Å². The van der Waals surface area contributed by atoms with E-state index in [0.717, 1.165) is 82.0 Å².